The molecule has 1 amide bonds. The van der Waals surface area contributed by atoms with Gasteiger partial charge in [0.25, 0.3) is 5.91 Å². The average Bonchev–Trinajstić information content (AvgIpc) is 2.75. The van der Waals surface area contributed by atoms with E-state index in [9.17, 15) is 4.79 Å². The van der Waals surface area contributed by atoms with E-state index in [1.807, 2.05) is 13.8 Å². The highest BCUT2D eigenvalue weighted by molar-refractivity contribution is 5.98. The molecule has 1 aromatic rings. The van der Waals surface area contributed by atoms with Crippen LogP contribution in [-0.4, -0.2) is 46.3 Å². The number of carbonyl (C=O) groups excluding carboxylic acids is 1. The minimum absolute atomic E-state index is 0.0799. The Morgan fingerprint density at radius 1 is 1.45 bits per heavy atom. The van der Waals surface area contributed by atoms with Crippen molar-refractivity contribution in [1.82, 2.24) is 20.0 Å². The Labute approximate surface area is 119 Å². The van der Waals surface area contributed by atoms with Gasteiger partial charge in [-0.3, -0.25) is 9.48 Å². The molecule has 110 valence electrons. The summed E-state index contributed by atoms with van der Waals surface area (Å²) in [4.78, 5) is 15.0. The molecule has 3 aliphatic rings. The van der Waals surface area contributed by atoms with Crippen molar-refractivity contribution in [2.75, 3.05) is 25.4 Å². The van der Waals surface area contributed by atoms with Crippen LogP contribution in [0.4, 0.5) is 5.69 Å². The molecule has 0 radical (unpaired) electrons. The van der Waals surface area contributed by atoms with E-state index in [1.54, 1.807) is 4.68 Å². The lowest BCUT2D eigenvalue weighted by molar-refractivity contribution is 0.0615. The molecule has 1 aromatic heterocycles. The first-order valence-electron chi connectivity index (χ1n) is 7.46. The Balaban J connectivity index is 1.77. The Kier molecular flexibility index (Phi) is 3.41. The van der Waals surface area contributed by atoms with Gasteiger partial charge in [0.1, 0.15) is 5.69 Å². The molecule has 1 unspecified atom stereocenters. The number of carbonyl (C=O) groups is 1. The predicted octanol–water partition coefficient (Wildman–Crippen LogP) is 0.618. The zero-order chi connectivity index (χ0) is 14.3. The maximum Gasteiger partial charge on any atom is 0.271 e. The van der Waals surface area contributed by atoms with Gasteiger partial charge in [0, 0.05) is 19.1 Å². The molecular weight excluding hydrogens is 254 g/mol. The maximum atomic E-state index is 12.5. The van der Waals surface area contributed by atoms with Crippen LogP contribution in [0.5, 0.6) is 0 Å². The van der Waals surface area contributed by atoms with Crippen LogP contribution in [0.2, 0.25) is 0 Å². The summed E-state index contributed by atoms with van der Waals surface area (Å²) in [6, 6.07) is 0.255. The van der Waals surface area contributed by atoms with E-state index < -0.39 is 0 Å². The molecule has 3 saturated heterocycles. The van der Waals surface area contributed by atoms with Crippen molar-refractivity contribution < 1.29 is 4.79 Å². The van der Waals surface area contributed by atoms with Crippen LogP contribution in [0.25, 0.3) is 0 Å². The molecule has 4 rings (SSSR count). The van der Waals surface area contributed by atoms with Gasteiger partial charge in [-0.1, -0.05) is 0 Å². The molecule has 6 heteroatoms. The highest BCUT2D eigenvalue weighted by atomic mass is 16.2. The SMILES string of the molecule is CCn1nc(C)c(N)c1C(=O)NC1CN2CCC1CC2. The van der Waals surface area contributed by atoms with Crippen LogP contribution >= 0.6 is 0 Å². The second kappa shape index (κ2) is 5.09. The minimum atomic E-state index is -0.0799. The minimum Gasteiger partial charge on any atom is -0.395 e. The van der Waals surface area contributed by atoms with Crippen LogP contribution < -0.4 is 11.1 Å². The molecule has 3 N–H and O–H groups in total. The van der Waals surface area contributed by atoms with Crippen molar-refractivity contribution >= 4 is 11.6 Å². The summed E-state index contributed by atoms with van der Waals surface area (Å²) in [6.07, 6.45) is 2.37. The smallest absolute Gasteiger partial charge is 0.271 e. The lowest BCUT2D eigenvalue weighted by Crippen LogP contribution is -2.57. The lowest BCUT2D eigenvalue weighted by Gasteiger charge is -2.44. The number of rotatable bonds is 3. The van der Waals surface area contributed by atoms with E-state index in [-0.39, 0.29) is 11.9 Å². The zero-order valence-electron chi connectivity index (χ0n) is 12.2. The van der Waals surface area contributed by atoms with Gasteiger partial charge in [0.2, 0.25) is 0 Å². The van der Waals surface area contributed by atoms with Gasteiger partial charge in [-0.25, -0.2) is 0 Å². The fraction of sp³-hybridized carbons (Fsp3) is 0.714. The van der Waals surface area contributed by atoms with Crippen LogP contribution in [0.1, 0.15) is 35.9 Å². The molecule has 0 saturated carbocycles. The summed E-state index contributed by atoms with van der Waals surface area (Å²) in [6.45, 7) is 7.77. The fourth-order valence-corrected chi connectivity index (χ4v) is 3.43. The van der Waals surface area contributed by atoms with E-state index in [2.05, 4.69) is 15.3 Å². The number of nitrogens with two attached hydrogens (primary N) is 1. The summed E-state index contributed by atoms with van der Waals surface area (Å²) in [5.41, 5.74) is 7.75. The molecule has 2 bridgehead atoms. The van der Waals surface area contributed by atoms with Gasteiger partial charge in [-0.2, -0.15) is 5.10 Å². The van der Waals surface area contributed by atoms with E-state index in [0.717, 1.165) is 12.2 Å². The fourth-order valence-electron chi connectivity index (χ4n) is 3.43. The van der Waals surface area contributed by atoms with Crippen LogP contribution in [0.15, 0.2) is 0 Å². The third-order valence-electron chi connectivity index (χ3n) is 4.66. The van der Waals surface area contributed by atoms with Gasteiger partial charge in [-0.15, -0.1) is 0 Å². The van der Waals surface area contributed by atoms with Crippen LogP contribution in [0, 0.1) is 12.8 Å². The first kappa shape index (κ1) is 13.4. The van der Waals surface area contributed by atoms with Crippen molar-refractivity contribution in [3.63, 3.8) is 0 Å². The van der Waals surface area contributed by atoms with Crippen LogP contribution in [0.3, 0.4) is 0 Å². The highest BCUT2D eigenvalue weighted by Crippen LogP contribution is 2.28. The standard InChI is InChI=1S/C14H23N5O/c1-3-19-13(12(15)9(2)17-19)14(20)16-11-8-18-6-4-10(11)5-7-18/h10-11H,3-8,15H2,1-2H3,(H,16,20). The summed E-state index contributed by atoms with van der Waals surface area (Å²) < 4.78 is 1.70. The number of hydrogen-bond donors (Lipinski definition) is 2. The third-order valence-corrected chi connectivity index (χ3v) is 4.66. The van der Waals surface area contributed by atoms with E-state index in [4.69, 9.17) is 5.73 Å². The Morgan fingerprint density at radius 2 is 2.15 bits per heavy atom. The molecule has 0 spiro atoms. The molecule has 0 aromatic carbocycles. The molecule has 20 heavy (non-hydrogen) atoms. The molecule has 4 heterocycles. The number of aryl methyl sites for hydroxylation is 2. The van der Waals surface area contributed by atoms with E-state index in [1.165, 1.54) is 25.9 Å². The predicted molar refractivity (Wildman–Crippen MR) is 77.5 cm³/mol. The number of hydrogen-bond acceptors (Lipinski definition) is 4. The summed E-state index contributed by atoms with van der Waals surface area (Å²) >= 11 is 0. The largest absolute Gasteiger partial charge is 0.395 e. The van der Waals surface area contributed by atoms with Gasteiger partial charge in [-0.05, 0) is 45.7 Å². The summed E-state index contributed by atoms with van der Waals surface area (Å²) in [5, 5.41) is 7.49. The van der Waals surface area contributed by atoms with Crippen molar-refractivity contribution in [3.05, 3.63) is 11.4 Å². The topological polar surface area (TPSA) is 76.2 Å². The molecular formula is C14H23N5O. The summed E-state index contributed by atoms with van der Waals surface area (Å²) in [5.74, 6) is 0.535. The molecule has 6 nitrogen and oxygen atoms in total. The maximum absolute atomic E-state index is 12.5. The Bertz CT molecular complexity index is 516. The highest BCUT2D eigenvalue weighted by Gasteiger charge is 2.35. The number of nitrogens with one attached hydrogen (secondary N) is 1. The number of fused-ring (bicyclic) bond motifs is 3. The molecule has 1 atom stereocenters. The Hall–Kier alpha value is -1.56. The van der Waals surface area contributed by atoms with Crippen molar-refractivity contribution in [3.8, 4) is 0 Å². The lowest BCUT2D eigenvalue weighted by atomic mass is 9.84. The monoisotopic (exact) mass is 277 g/mol. The molecule has 3 fully saturated rings. The first-order valence-corrected chi connectivity index (χ1v) is 7.46. The average molecular weight is 277 g/mol. The van der Waals surface area contributed by atoms with E-state index in [0.29, 0.717) is 23.8 Å². The van der Waals surface area contributed by atoms with E-state index >= 15 is 0 Å². The number of nitrogens with zero attached hydrogens (tertiary/aromatic N) is 3. The number of aromatic nitrogens is 2. The number of amides is 1. The summed E-state index contributed by atoms with van der Waals surface area (Å²) in [7, 11) is 0. The normalized spacial score (nSPS) is 28.6. The van der Waals surface area contributed by atoms with Crippen molar-refractivity contribution in [1.29, 1.82) is 0 Å². The van der Waals surface area contributed by atoms with Gasteiger partial charge in [0.15, 0.2) is 0 Å². The number of anilines is 1. The van der Waals surface area contributed by atoms with Gasteiger partial charge >= 0.3 is 0 Å². The number of piperidine rings is 3. The Morgan fingerprint density at radius 3 is 2.70 bits per heavy atom. The van der Waals surface area contributed by atoms with Gasteiger partial charge < -0.3 is 16.0 Å². The quantitative estimate of drug-likeness (QED) is 0.849. The molecule has 0 aliphatic carbocycles. The van der Waals surface area contributed by atoms with Crippen molar-refractivity contribution in [2.45, 2.75) is 39.3 Å². The zero-order valence-corrected chi connectivity index (χ0v) is 12.2. The van der Waals surface area contributed by atoms with Gasteiger partial charge in [0.05, 0.1) is 11.4 Å². The second-order valence-electron chi connectivity index (χ2n) is 5.88. The van der Waals surface area contributed by atoms with Crippen molar-refractivity contribution in [2.24, 2.45) is 5.92 Å². The number of nitrogen functional groups attached to an aromatic ring is 1. The van der Waals surface area contributed by atoms with Crippen LogP contribution in [-0.2, 0) is 6.54 Å². The first-order chi connectivity index (χ1) is 9.60. The third kappa shape index (κ3) is 2.18. The second-order valence-corrected chi connectivity index (χ2v) is 5.88. The molecule has 3 aliphatic heterocycles.